The third-order valence-electron chi connectivity index (χ3n) is 4.41. The van der Waals surface area contributed by atoms with Gasteiger partial charge in [-0.15, -0.1) is 0 Å². The molecule has 1 heterocycles. The van der Waals surface area contributed by atoms with E-state index in [-0.39, 0.29) is 36.4 Å². The van der Waals surface area contributed by atoms with Gasteiger partial charge in [0.2, 0.25) is 0 Å². The number of phenolic OH excluding ortho intramolecular Hbond substituents is 2. The zero-order valence-corrected chi connectivity index (χ0v) is 15.3. The van der Waals surface area contributed by atoms with Gasteiger partial charge in [-0.05, 0) is 36.1 Å². The van der Waals surface area contributed by atoms with Crippen molar-refractivity contribution in [2.24, 2.45) is 5.92 Å². The van der Waals surface area contributed by atoms with Crippen molar-refractivity contribution in [3.05, 3.63) is 35.4 Å². The van der Waals surface area contributed by atoms with E-state index >= 15 is 0 Å². The average molecular weight is 366 g/mol. The Bertz CT molecular complexity index is 641. The minimum Gasteiger partial charge on any atom is -0.504 e. The van der Waals surface area contributed by atoms with Gasteiger partial charge < -0.3 is 29.2 Å². The van der Waals surface area contributed by atoms with E-state index < -0.39 is 12.6 Å². The van der Waals surface area contributed by atoms with Crippen molar-refractivity contribution < 1.29 is 34.0 Å². The molecule has 1 saturated heterocycles. The molecule has 0 spiro atoms. The summed E-state index contributed by atoms with van der Waals surface area (Å²) in [5.41, 5.74) is 1.67. The van der Waals surface area contributed by atoms with Crippen LogP contribution in [-0.2, 0) is 30.2 Å². The molecule has 1 aliphatic heterocycles. The van der Waals surface area contributed by atoms with Crippen LogP contribution in [0.25, 0.3) is 0 Å². The van der Waals surface area contributed by atoms with Crippen molar-refractivity contribution in [2.45, 2.75) is 38.8 Å². The van der Waals surface area contributed by atoms with Gasteiger partial charge in [-0.2, -0.15) is 0 Å². The van der Waals surface area contributed by atoms with Gasteiger partial charge >= 0.3 is 5.97 Å². The van der Waals surface area contributed by atoms with Crippen molar-refractivity contribution in [3.63, 3.8) is 0 Å². The summed E-state index contributed by atoms with van der Waals surface area (Å²) in [4.78, 5) is 12.2. The van der Waals surface area contributed by atoms with Gasteiger partial charge in [0.25, 0.3) is 0 Å². The zero-order valence-electron chi connectivity index (χ0n) is 15.3. The molecule has 2 rings (SSSR count). The highest BCUT2D eigenvalue weighted by atomic mass is 16.8. The molecule has 144 valence electrons. The summed E-state index contributed by atoms with van der Waals surface area (Å²) < 4.78 is 21.6. The van der Waals surface area contributed by atoms with E-state index in [1.54, 1.807) is 20.3 Å². The van der Waals surface area contributed by atoms with Crippen LogP contribution in [0, 0.1) is 5.92 Å². The molecular formula is C19H26O7. The Morgan fingerprint density at radius 3 is 2.65 bits per heavy atom. The number of ether oxygens (including phenoxy) is 4. The van der Waals surface area contributed by atoms with E-state index in [1.807, 2.05) is 13.0 Å². The maximum absolute atomic E-state index is 12.2. The number of phenols is 2. The minimum absolute atomic E-state index is 0.0751. The zero-order chi connectivity index (χ0) is 19.1. The van der Waals surface area contributed by atoms with Crippen LogP contribution in [-0.4, -0.2) is 49.6 Å². The summed E-state index contributed by atoms with van der Waals surface area (Å²) in [6.07, 6.45) is 2.15. The molecule has 1 aromatic carbocycles. The third-order valence-corrected chi connectivity index (χ3v) is 4.41. The van der Waals surface area contributed by atoms with Crippen molar-refractivity contribution in [3.8, 4) is 11.5 Å². The van der Waals surface area contributed by atoms with E-state index in [9.17, 15) is 15.0 Å². The maximum Gasteiger partial charge on any atom is 0.306 e. The van der Waals surface area contributed by atoms with Crippen molar-refractivity contribution in [1.29, 1.82) is 0 Å². The molecule has 0 amide bonds. The van der Waals surface area contributed by atoms with Gasteiger partial charge in [0.05, 0.1) is 13.0 Å². The molecule has 7 nitrogen and oxygen atoms in total. The van der Waals surface area contributed by atoms with Crippen LogP contribution in [0.15, 0.2) is 29.8 Å². The molecule has 1 fully saturated rings. The van der Waals surface area contributed by atoms with Crippen LogP contribution in [0.2, 0.25) is 0 Å². The van der Waals surface area contributed by atoms with Gasteiger partial charge in [0.15, 0.2) is 24.1 Å². The Balaban J connectivity index is 1.87. The molecule has 0 aliphatic carbocycles. The number of methoxy groups -OCH3 is 2. The largest absolute Gasteiger partial charge is 0.504 e. The van der Waals surface area contributed by atoms with E-state index in [0.717, 1.165) is 11.1 Å². The van der Waals surface area contributed by atoms with Crippen LogP contribution < -0.4 is 0 Å². The molecule has 0 saturated carbocycles. The number of hydrogen-bond donors (Lipinski definition) is 2. The molecule has 0 radical (unpaired) electrons. The summed E-state index contributed by atoms with van der Waals surface area (Å²) in [5.74, 6) is -0.757. The molecule has 7 heteroatoms. The number of benzene rings is 1. The number of allylic oxidation sites excluding steroid dienone is 1. The van der Waals surface area contributed by atoms with Crippen LogP contribution in [0.3, 0.4) is 0 Å². The Morgan fingerprint density at radius 2 is 2.04 bits per heavy atom. The first-order valence-corrected chi connectivity index (χ1v) is 8.52. The van der Waals surface area contributed by atoms with E-state index in [0.29, 0.717) is 12.8 Å². The number of hydrogen-bond acceptors (Lipinski definition) is 7. The highest BCUT2D eigenvalue weighted by molar-refractivity contribution is 5.70. The lowest BCUT2D eigenvalue weighted by atomic mass is 9.89. The molecule has 1 aliphatic rings. The second-order valence-corrected chi connectivity index (χ2v) is 6.09. The molecule has 3 unspecified atom stereocenters. The fourth-order valence-corrected chi connectivity index (χ4v) is 3.02. The summed E-state index contributed by atoms with van der Waals surface area (Å²) in [6, 6.07) is 4.53. The van der Waals surface area contributed by atoms with Crippen molar-refractivity contribution >= 4 is 5.97 Å². The van der Waals surface area contributed by atoms with Crippen LogP contribution >= 0.6 is 0 Å². The van der Waals surface area contributed by atoms with Gasteiger partial charge in [0, 0.05) is 27.1 Å². The molecule has 0 aromatic heterocycles. The monoisotopic (exact) mass is 366 g/mol. The quantitative estimate of drug-likeness (QED) is 0.435. The Morgan fingerprint density at radius 1 is 1.27 bits per heavy atom. The second kappa shape index (κ2) is 9.56. The first-order valence-electron chi connectivity index (χ1n) is 8.52. The Hall–Kier alpha value is -2.09. The van der Waals surface area contributed by atoms with Gasteiger partial charge in [0.1, 0.15) is 0 Å². The SMILES string of the molecule is C/C=C1\C(CC(=O)OCCc2ccc(O)c(O)c2)CC(OC)OC1OC. The normalized spacial score (nSPS) is 24.6. The first kappa shape index (κ1) is 20.2. The number of rotatable bonds is 7. The van der Waals surface area contributed by atoms with Gasteiger partial charge in [-0.25, -0.2) is 0 Å². The predicted octanol–water partition coefficient (Wildman–Crippen LogP) is 2.50. The Kier molecular flexibility index (Phi) is 7.44. The molecule has 2 N–H and O–H groups in total. The number of carbonyl (C=O) groups excluding carboxylic acids is 1. The Labute approximate surface area is 153 Å². The molecule has 3 atom stereocenters. The third kappa shape index (κ3) is 5.20. The van der Waals surface area contributed by atoms with Gasteiger partial charge in [-0.1, -0.05) is 12.1 Å². The van der Waals surface area contributed by atoms with Crippen LogP contribution in [0.5, 0.6) is 11.5 Å². The van der Waals surface area contributed by atoms with Crippen LogP contribution in [0.4, 0.5) is 0 Å². The summed E-state index contributed by atoms with van der Waals surface area (Å²) in [7, 11) is 3.11. The standard InChI is InChI=1S/C19H26O7/c1-4-14-13(11-18(23-2)26-19(14)24-3)10-17(22)25-8-7-12-5-6-15(20)16(21)9-12/h4-6,9,13,18-21H,7-8,10-11H2,1-3H3/b14-4+. The highest BCUT2D eigenvalue weighted by Gasteiger charge is 2.35. The fraction of sp³-hybridized carbons (Fsp3) is 0.526. The van der Waals surface area contributed by atoms with E-state index in [1.165, 1.54) is 12.1 Å². The molecule has 0 bridgehead atoms. The lowest BCUT2D eigenvalue weighted by Gasteiger charge is -2.35. The summed E-state index contributed by atoms with van der Waals surface area (Å²) in [5, 5.41) is 18.8. The summed E-state index contributed by atoms with van der Waals surface area (Å²) in [6.45, 7) is 2.08. The lowest BCUT2D eigenvalue weighted by Crippen LogP contribution is -2.38. The lowest BCUT2D eigenvalue weighted by molar-refractivity contribution is -0.239. The number of esters is 1. The van der Waals surface area contributed by atoms with Crippen LogP contribution in [0.1, 0.15) is 25.3 Å². The molecule has 1 aromatic rings. The number of carbonyl (C=O) groups is 1. The summed E-state index contributed by atoms with van der Waals surface area (Å²) >= 11 is 0. The molecule has 26 heavy (non-hydrogen) atoms. The highest BCUT2D eigenvalue weighted by Crippen LogP contribution is 2.33. The fourth-order valence-electron chi connectivity index (χ4n) is 3.02. The van der Waals surface area contributed by atoms with Crippen molar-refractivity contribution in [1.82, 2.24) is 0 Å². The maximum atomic E-state index is 12.2. The van der Waals surface area contributed by atoms with Crippen molar-refractivity contribution in [2.75, 3.05) is 20.8 Å². The smallest absolute Gasteiger partial charge is 0.306 e. The average Bonchev–Trinajstić information content (AvgIpc) is 2.63. The predicted molar refractivity (Wildman–Crippen MR) is 93.6 cm³/mol. The van der Waals surface area contributed by atoms with Gasteiger partial charge in [-0.3, -0.25) is 4.79 Å². The topological polar surface area (TPSA) is 94.5 Å². The second-order valence-electron chi connectivity index (χ2n) is 6.09. The van der Waals surface area contributed by atoms with E-state index in [2.05, 4.69) is 0 Å². The molecular weight excluding hydrogens is 340 g/mol. The first-order chi connectivity index (χ1) is 12.5. The van der Waals surface area contributed by atoms with E-state index in [4.69, 9.17) is 18.9 Å². The minimum atomic E-state index is -0.531. The number of aromatic hydroxyl groups is 2.